The van der Waals surface area contributed by atoms with Crippen LogP contribution in [0.4, 0.5) is 0 Å². The largest absolute Gasteiger partial charge is 0.360 e. The number of H-pyrrole nitrogens is 1. The number of hydrogen-bond acceptors (Lipinski definition) is 6. The zero-order valence-electron chi connectivity index (χ0n) is 12.9. The molecule has 0 aliphatic heterocycles. The second-order valence-electron chi connectivity index (χ2n) is 6.38. The lowest BCUT2D eigenvalue weighted by Gasteiger charge is -2.17. The van der Waals surface area contributed by atoms with E-state index in [0.717, 1.165) is 56.3 Å². The fraction of sp³-hybridized carbons (Fsp3) is 0.667. The van der Waals surface area contributed by atoms with Crippen molar-refractivity contribution in [1.82, 2.24) is 31.1 Å². The van der Waals surface area contributed by atoms with Crippen molar-refractivity contribution < 1.29 is 9.32 Å². The minimum atomic E-state index is -0.141. The summed E-state index contributed by atoms with van der Waals surface area (Å²) in [5.74, 6) is 1.53. The Morgan fingerprint density at radius 2 is 2.09 bits per heavy atom. The monoisotopic (exact) mass is 316 g/mol. The first-order chi connectivity index (χ1) is 11.3. The molecule has 1 amide bonds. The molecule has 4 rings (SSSR count). The standard InChI is InChI=1S/C15H20N6O2/c22-15(13-10-5-2-1-3-8-12(10)23-19-13)16-11-7-4-6-9(11)14-17-20-21-18-14/h9,11H,1-8H2,(H,16,22)(H,17,18,20,21). The number of aryl methyl sites for hydroxylation is 1. The van der Waals surface area contributed by atoms with E-state index in [9.17, 15) is 4.79 Å². The summed E-state index contributed by atoms with van der Waals surface area (Å²) >= 11 is 0. The SMILES string of the molecule is O=C(NC1CCCC1c1nn[nH]n1)c1noc2c1CCCCC2. The maximum Gasteiger partial charge on any atom is 0.274 e. The predicted octanol–water partition coefficient (Wildman–Crippen LogP) is 1.52. The van der Waals surface area contributed by atoms with E-state index in [2.05, 4.69) is 31.1 Å². The second kappa shape index (κ2) is 6.10. The molecule has 8 heteroatoms. The van der Waals surface area contributed by atoms with E-state index >= 15 is 0 Å². The number of carbonyl (C=O) groups excluding carboxylic acids is 1. The van der Waals surface area contributed by atoms with E-state index in [0.29, 0.717) is 11.5 Å². The van der Waals surface area contributed by atoms with E-state index in [1.807, 2.05) is 0 Å². The highest BCUT2D eigenvalue weighted by atomic mass is 16.5. The zero-order valence-corrected chi connectivity index (χ0v) is 12.9. The lowest BCUT2D eigenvalue weighted by atomic mass is 10.0. The topological polar surface area (TPSA) is 110 Å². The number of hydrogen-bond donors (Lipinski definition) is 2. The van der Waals surface area contributed by atoms with Crippen LogP contribution in [0.2, 0.25) is 0 Å². The first-order valence-corrected chi connectivity index (χ1v) is 8.34. The van der Waals surface area contributed by atoms with Crippen molar-refractivity contribution in [2.45, 2.75) is 63.3 Å². The summed E-state index contributed by atoms with van der Waals surface area (Å²) in [6, 6.07) is 0.0261. The first-order valence-electron chi connectivity index (χ1n) is 8.34. The van der Waals surface area contributed by atoms with Gasteiger partial charge >= 0.3 is 0 Å². The Morgan fingerprint density at radius 3 is 2.96 bits per heavy atom. The highest BCUT2D eigenvalue weighted by Gasteiger charge is 2.34. The average Bonchev–Trinajstić information content (AvgIpc) is 3.26. The number of aromatic amines is 1. The maximum absolute atomic E-state index is 12.7. The molecule has 1 saturated carbocycles. The summed E-state index contributed by atoms with van der Waals surface area (Å²) in [6.07, 6.45) is 8.04. The molecule has 2 heterocycles. The lowest BCUT2D eigenvalue weighted by molar-refractivity contribution is 0.0923. The Kier molecular flexibility index (Phi) is 3.80. The number of tetrazole rings is 1. The average molecular weight is 316 g/mol. The summed E-state index contributed by atoms with van der Waals surface area (Å²) in [4.78, 5) is 12.7. The van der Waals surface area contributed by atoms with Crippen LogP contribution in [0.25, 0.3) is 0 Å². The Bertz CT molecular complexity index is 680. The van der Waals surface area contributed by atoms with Crippen molar-refractivity contribution in [3.05, 3.63) is 22.8 Å². The quantitative estimate of drug-likeness (QED) is 0.831. The van der Waals surface area contributed by atoms with Gasteiger partial charge in [-0.1, -0.05) is 23.2 Å². The molecule has 0 spiro atoms. The number of nitrogens with one attached hydrogen (secondary N) is 2. The Morgan fingerprint density at radius 1 is 1.17 bits per heavy atom. The summed E-state index contributed by atoms with van der Waals surface area (Å²) in [6.45, 7) is 0. The molecule has 23 heavy (non-hydrogen) atoms. The molecule has 0 bridgehead atoms. The third-order valence-electron chi connectivity index (χ3n) is 4.94. The molecule has 2 aliphatic carbocycles. The lowest BCUT2D eigenvalue weighted by Crippen LogP contribution is -2.37. The molecule has 122 valence electrons. The smallest absolute Gasteiger partial charge is 0.274 e. The minimum absolute atomic E-state index is 0.0261. The van der Waals surface area contributed by atoms with Crippen LogP contribution in [0.1, 0.15) is 72.1 Å². The van der Waals surface area contributed by atoms with Gasteiger partial charge in [0.1, 0.15) is 5.76 Å². The first kappa shape index (κ1) is 14.3. The van der Waals surface area contributed by atoms with Crippen molar-refractivity contribution in [2.24, 2.45) is 0 Å². The molecule has 1 fully saturated rings. The van der Waals surface area contributed by atoms with Gasteiger partial charge in [-0.25, -0.2) is 0 Å². The van der Waals surface area contributed by atoms with Gasteiger partial charge in [-0.15, -0.1) is 10.2 Å². The van der Waals surface area contributed by atoms with Crippen molar-refractivity contribution in [1.29, 1.82) is 0 Å². The molecular formula is C15H20N6O2. The third-order valence-corrected chi connectivity index (χ3v) is 4.94. The number of fused-ring (bicyclic) bond motifs is 1. The predicted molar refractivity (Wildman–Crippen MR) is 79.8 cm³/mol. The normalized spacial score (nSPS) is 24.2. The summed E-state index contributed by atoms with van der Waals surface area (Å²) in [5.41, 5.74) is 1.45. The van der Waals surface area contributed by atoms with Gasteiger partial charge in [0, 0.05) is 23.9 Å². The molecule has 2 aromatic rings. The van der Waals surface area contributed by atoms with E-state index in [1.54, 1.807) is 0 Å². The van der Waals surface area contributed by atoms with Gasteiger partial charge in [0.25, 0.3) is 5.91 Å². The highest BCUT2D eigenvalue weighted by molar-refractivity contribution is 5.94. The summed E-state index contributed by atoms with van der Waals surface area (Å²) < 4.78 is 5.40. The van der Waals surface area contributed by atoms with Crippen molar-refractivity contribution >= 4 is 5.91 Å². The van der Waals surface area contributed by atoms with Crippen molar-refractivity contribution in [3.8, 4) is 0 Å². The van der Waals surface area contributed by atoms with Gasteiger partial charge < -0.3 is 9.84 Å². The van der Waals surface area contributed by atoms with E-state index < -0.39 is 0 Å². The number of carbonyl (C=O) groups is 1. The molecular weight excluding hydrogens is 296 g/mol. The van der Waals surface area contributed by atoms with Crippen LogP contribution >= 0.6 is 0 Å². The van der Waals surface area contributed by atoms with Gasteiger partial charge in [0.05, 0.1) is 0 Å². The summed E-state index contributed by atoms with van der Waals surface area (Å²) in [5, 5.41) is 21.4. The Balaban J connectivity index is 1.51. The van der Waals surface area contributed by atoms with Crippen LogP contribution in [-0.2, 0) is 12.8 Å². The molecule has 2 atom stereocenters. The van der Waals surface area contributed by atoms with E-state index in [-0.39, 0.29) is 17.9 Å². The van der Waals surface area contributed by atoms with Gasteiger partial charge in [-0.3, -0.25) is 4.79 Å². The fourth-order valence-corrected chi connectivity index (χ4v) is 3.75. The Labute approximate surface area is 133 Å². The van der Waals surface area contributed by atoms with E-state index in [1.165, 1.54) is 6.42 Å². The summed E-state index contributed by atoms with van der Waals surface area (Å²) in [7, 11) is 0. The molecule has 0 aromatic carbocycles. The van der Waals surface area contributed by atoms with Gasteiger partial charge in [-0.05, 0) is 32.1 Å². The third kappa shape index (κ3) is 2.73. The number of aromatic nitrogens is 5. The molecule has 2 N–H and O–H groups in total. The molecule has 0 radical (unpaired) electrons. The van der Waals surface area contributed by atoms with Crippen LogP contribution in [0.3, 0.4) is 0 Å². The number of rotatable bonds is 3. The number of nitrogens with zero attached hydrogens (tertiary/aromatic N) is 4. The van der Waals surface area contributed by atoms with Gasteiger partial charge in [-0.2, -0.15) is 5.21 Å². The molecule has 0 saturated heterocycles. The zero-order chi connectivity index (χ0) is 15.6. The molecule has 2 aliphatic rings. The van der Waals surface area contributed by atoms with E-state index in [4.69, 9.17) is 4.52 Å². The van der Waals surface area contributed by atoms with Gasteiger partial charge in [0.15, 0.2) is 11.5 Å². The fourth-order valence-electron chi connectivity index (χ4n) is 3.75. The maximum atomic E-state index is 12.7. The van der Waals surface area contributed by atoms with Crippen molar-refractivity contribution in [2.75, 3.05) is 0 Å². The molecule has 2 unspecified atom stereocenters. The molecule has 2 aromatic heterocycles. The Hall–Kier alpha value is -2.25. The van der Waals surface area contributed by atoms with Crippen LogP contribution < -0.4 is 5.32 Å². The van der Waals surface area contributed by atoms with Crippen LogP contribution in [-0.4, -0.2) is 37.7 Å². The minimum Gasteiger partial charge on any atom is -0.360 e. The van der Waals surface area contributed by atoms with Crippen LogP contribution in [0.15, 0.2) is 4.52 Å². The highest BCUT2D eigenvalue weighted by Crippen LogP contribution is 2.33. The van der Waals surface area contributed by atoms with Gasteiger partial charge in [0.2, 0.25) is 0 Å². The second-order valence-corrected chi connectivity index (χ2v) is 6.38. The number of amides is 1. The van der Waals surface area contributed by atoms with Crippen LogP contribution in [0.5, 0.6) is 0 Å². The molecule has 8 nitrogen and oxygen atoms in total. The van der Waals surface area contributed by atoms with Crippen LogP contribution in [0, 0.1) is 0 Å². The van der Waals surface area contributed by atoms with Crippen molar-refractivity contribution in [3.63, 3.8) is 0 Å².